The van der Waals surface area contributed by atoms with Gasteiger partial charge in [-0.3, -0.25) is 4.90 Å². The number of piperazine rings is 1. The van der Waals surface area contributed by atoms with Crippen molar-refractivity contribution >= 4 is 0 Å². The van der Waals surface area contributed by atoms with Crippen LogP contribution >= 0.6 is 0 Å². The van der Waals surface area contributed by atoms with Crippen LogP contribution in [0.2, 0.25) is 0 Å². The topological polar surface area (TPSA) is 27.7 Å². The quantitative estimate of drug-likeness (QED) is 0.875. The zero-order chi connectivity index (χ0) is 14.7. The van der Waals surface area contributed by atoms with Crippen molar-refractivity contribution in [3.05, 3.63) is 29.6 Å². The van der Waals surface area contributed by atoms with E-state index in [-0.39, 0.29) is 11.9 Å². The first kappa shape index (κ1) is 14.8. The maximum absolute atomic E-state index is 13.2. The molecule has 0 aromatic heterocycles. The number of nitrogens with one attached hydrogen (secondary N) is 1. The van der Waals surface area contributed by atoms with Gasteiger partial charge >= 0.3 is 0 Å². The second kappa shape index (κ2) is 6.73. The Labute approximate surface area is 125 Å². The lowest BCUT2D eigenvalue weighted by Gasteiger charge is -2.29. The summed E-state index contributed by atoms with van der Waals surface area (Å²) in [6.07, 6.45) is 0.959. The fourth-order valence-corrected chi connectivity index (χ4v) is 3.08. The minimum absolute atomic E-state index is 0.148. The van der Waals surface area contributed by atoms with Crippen LogP contribution in [-0.2, 0) is 6.42 Å². The number of hydrogen-bond acceptors (Lipinski definition) is 4. The highest BCUT2D eigenvalue weighted by molar-refractivity contribution is 5.37. The molecule has 0 spiro atoms. The first-order chi connectivity index (χ1) is 10.2. The number of benzene rings is 1. The summed E-state index contributed by atoms with van der Waals surface area (Å²) in [5.41, 5.74) is 0.996. The highest BCUT2D eigenvalue weighted by Crippen LogP contribution is 2.29. The van der Waals surface area contributed by atoms with Crippen molar-refractivity contribution < 1.29 is 9.13 Å². The molecule has 0 radical (unpaired) electrons. The molecular weight excluding hydrogens is 269 g/mol. The van der Waals surface area contributed by atoms with E-state index in [4.69, 9.17) is 4.74 Å². The molecule has 2 heterocycles. The third kappa shape index (κ3) is 3.93. The van der Waals surface area contributed by atoms with Crippen LogP contribution in [0, 0.1) is 5.82 Å². The lowest BCUT2D eigenvalue weighted by Crippen LogP contribution is -2.46. The van der Waals surface area contributed by atoms with Gasteiger partial charge in [-0.25, -0.2) is 4.39 Å². The Morgan fingerprint density at radius 1 is 1.38 bits per heavy atom. The van der Waals surface area contributed by atoms with Gasteiger partial charge in [0.25, 0.3) is 0 Å². The van der Waals surface area contributed by atoms with Crippen molar-refractivity contribution in [3.63, 3.8) is 0 Å². The third-order valence-electron chi connectivity index (χ3n) is 4.29. The Morgan fingerprint density at radius 3 is 3.00 bits per heavy atom. The minimum Gasteiger partial charge on any atom is -0.488 e. The van der Waals surface area contributed by atoms with Crippen molar-refractivity contribution in [1.82, 2.24) is 15.1 Å². The molecule has 21 heavy (non-hydrogen) atoms. The molecular formula is C16H24FN3O. The number of hydrogen-bond donors (Lipinski definition) is 1. The standard InChI is InChI=1S/C16H24FN3O/c1-19(8-9-20-6-4-18-5-7-20)12-15-11-13-10-14(17)2-3-16(13)21-15/h2-3,10,15,18H,4-9,11-12H2,1H3. The van der Waals surface area contributed by atoms with E-state index >= 15 is 0 Å². The van der Waals surface area contributed by atoms with Gasteiger partial charge in [0.05, 0.1) is 0 Å². The average molecular weight is 293 g/mol. The summed E-state index contributed by atoms with van der Waals surface area (Å²) >= 11 is 0. The normalized spacial score (nSPS) is 22.3. The zero-order valence-electron chi connectivity index (χ0n) is 12.6. The van der Waals surface area contributed by atoms with Gasteiger partial charge in [0.15, 0.2) is 0 Å². The predicted octanol–water partition coefficient (Wildman–Crippen LogP) is 0.966. The van der Waals surface area contributed by atoms with Crippen LogP contribution in [0.1, 0.15) is 5.56 Å². The number of rotatable bonds is 5. The molecule has 1 aromatic rings. The molecule has 1 saturated heterocycles. The largest absolute Gasteiger partial charge is 0.488 e. The fraction of sp³-hybridized carbons (Fsp3) is 0.625. The molecule has 0 saturated carbocycles. The Balaban J connectivity index is 1.42. The Kier molecular flexibility index (Phi) is 4.73. The predicted molar refractivity (Wildman–Crippen MR) is 81.3 cm³/mol. The van der Waals surface area contributed by atoms with Crippen LogP contribution in [0.15, 0.2) is 18.2 Å². The fourth-order valence-electron chi connectivity index (χ4n) is 3.08. The zero-order valence-corrected chi connectivity index (χ0v) is 12.6. The highest BCUT2D eigenvalue weighted by atomic mass is 19.1. The average Bonchev–Trinajstić information content (AvgIpc) is 2.87. The summed E-state index contributed by atoms with van der Waals surface area (Å²) in [5.74, 6) is 0.668. The molecule has 1 unspecified atom stereocenters. The van der Waals surface area contributed by atoms with Crippen LogP contribution in [0.4, 0.5) is 4.39 Å². The third-order valence-corrected chi connectivity index (χ3v) is 4.29. The van der Waals surface area contributed by atoms with Gasteiger partial charge in [0.2, 0.25) is 0 Å². The molecule has 2 aliphatic rings. The van der Waals surface area contributed by atoms with E-state index < -0.39 is 0 Å². The van der Waals surface area contributed by atoms with Crippen molar-refractivity contribution in [1.29, 1.82) is 0 Å². The van der Waals surface area contributed by atoms with Crippen LogP contribution < -0.4 is 10.1 Å². The Morgan fingerprint density at radius 2 is 2.19 bits per heavy atom. The molecule has 4 nitrogen and oxygen atoms in total. The summed E-state index contributed by atoms with van der Waals surface area (Å²) in [6.45, 7) is 7.50. The lowest BCUT2D eigenvalue weighted by atomic mass is 10.1. The van der Waals surface area contributed by atoms with E-state index in [0.29, 0.717) is 0 Å². The van der Waals surface area contributed by atoms with Crippen LogP contribution in [0.25, 0.3) is 0 Å². The lowest BCUT2D eigenvalue weighted by molar-refractivity contribution is 0.149. The Hall–Kier alpha value is -1.17. The molecule has 0 aliphatic carbocycles. The van der Waals surface area contributed by atoms with Crippen molar-refractivity contribution in [3.8, 4) is 5.75 Å². The van der Waals surface area contributed by atoms with E-state index in [2.05, 4.69) is 22.2 Å². The van der Waals surface area contributed by atoms with Gasteiger partial charge in [0.1, 0.15) is 17.7 Å². The van der Waals surface area contributed by atoms with E-state index in [9.17, 15) is 4.39 Å². The second-order valence-corrected chi connectivity index (χ2v) is 6.05. The molecule has 1 fully saturated rings. The van der Waals surface area contributed by atoms with Gasteiger partial charge in [-0.15, -0.1) is 0 Å². The van der Waals surface area contributed by atoms with E-state index in [1.54, 1.807) is 12.1 Å². The molecule has 116 valence electrons. The molecule has 0 amide bonds. The summed E-state index contributed by atoms with van der Waals surface area (Å²) < 4.78 is 19.1. The number of fused-ring (bicyclic) bond motifs is 1. The minimum atomic E-state index is -0.176. The molecule has 5 heteroatoms. The van der Waals surface area contributed by atoms with Crippen molar-refractivity contribution in [2.75, 3.05) is 52.9 Å². The summed E-state index contributed by atoms with van der Waals surface area (Å²) in [5, 5.41) is 3.37. The van der Waals surface area contributed by atoms with E-state index in [1.165, 1.54) is 6.07 Å². The van der Waals surface area contributed by atoms with Gasteiger partial charge < -0.3 is 15.0 Å². The SMILES string of the molecule is CN(CCN1CCNCC1)CC1Cc2cc(F)ccc2O1. The van der Waals surface area contributed by atoms with E-state index in [0.717, 1.165) is 63.5 Å². The summed E-state index contributed by atoms with van der Waals surface area (Å²) in [7, 11) is 2.13. The Bertz CT molecular complexity index is 477. The first-order valence-electron chi connectivity index (χ1n) is 7.77. The van der Waals surface area contributed by atoms with Crippen molar-refractivity contribution in [2.45, 2.75) is 12.5 Å². The molecule has 1 atom stereocenters. The highest BCUT2D eigenvalue weighted by Gasteiger charge is 2.24. The first-order valence-corrected chi connectivity index (χ1v) is 7.77. The van der Waals surface area contributed by atoms with Crippen LogP contribution in [0.3, 0.4) is 0 Å². The summed E-state index contributed by atoms with van der Waals surface area (Å²) in [6, 6.07) is 4.80. The molecule has 2 aliphatic heterocycles. The molecule has 3 rings (SSSR count). The van der Waals surface area contributed by atoms with Gasteiger partial charge in [0, 0.05) is 57.8 Å². The number of ether oxygens (including phenoxy) is 1. The summed E-state index contributed by atoms with van der Waals surface area (Å²) in [4.78, 5) is 4.81. The number of nitrogens with zero attached hydrogens (tertiary/aromatic N) is 2. The second-order valence-electron chi connectivity index (χ2n) is 6.05. The van der Waals surface area contributed by atoms with Gasteiger partial charge in [-0.2, -0.15) is 0 Å². The van der Waals surface area contributed by atoms with Gasteiger partial charge in [-0.1, -0.05) is 0 Å². The van der Waals surface area contributed by atoms with E-state index in [1.807, 2.05) is 0 Å². The maximum atomic E-state index is 13.2. The molecule has 0 bridgehead atoms. The monoisotopic (exact) mass is 293 g/mol. The molecule has 1 aromatic carbocycles. The number of halogens is 1. The van der Waals surface area contributed by atoms with Crippen LogP contribution in [-0.4, -0.2) is 68.8 Å². The number of likely N-dealkylation sites (N-methyl/N-ethyl adjacent to an activating group) is 1. The smallest absolute Gasteiger partial charge is 0.123 e. The maximum Gasteiger partial charge on any atom is 0.123 e. The van der Waals surface area contributed by atoms with Crippen LogP contribution in [0.5, 0.6) is 5.75 Å². The van der Waals surface area contributed by atoms with Gasteiger partial charge in [-0.05, 0) is 25.2 Å². The van der Waals surface area contributed by atoms with Crippen molar-refractivity contribution in [2.24, 2.45) is 0 Å². The molecule has 1 N–H and O–H groups in total.